The van der Waals surface area contributed by atoms with Crippen molar-refractivity contribution in [1.29, 1.82) is 0 Å². The SMILES string of the molecule is c1csc(C23CCCC(C2)NCCCCOC2CCCC(CCNC3)C2)n1. The Bertz CT molecular complexity index is 552. The number of nitrogens with one attached hydrogen (secondary N) is 2. The van der Waals surface area contributed by atoms with Crippen LogP contribution in [0.4, 0.5) is 0 Å². The molecule has 0 radical (unpaired) electrons. The molecule has 2 aliphatic carbocycles. The van der Waals surface area contributed by atoms with Gasteiger partial charge in [0, 0.05) is 36.2 Å². The zero-order valence-electron chi connectivity index (χ0n) is 16.8. The van der Waals surface area contributed by atoms with Crippen molar-refractivity contribution >= 4 is 11.3 Å². The van der Waals surface area contributed by atoms with Gasteiger partial charge in [-0.05, 0) is 70.4 Å². The van der Waals surface area contributed by atoms with Crippen LogP contribution in [0.25, 0.3) is 0 Å². The Labute approximate surface area is 168 Å². The van der Waals surface area contributed by atoms with Crippen molar-refractivity contribution < 1.29 is 4.74 Å². The lowest BCUT2D eigenvalue weighted by molar-refractivity contribution is 0.00993. The summed E-state index contributed by atoms with van der Waals surface area (Å²) >= 11 is 1.86. The van der Waals surface area contributed by atoms with Crippen molar-refractivity contribution in [3.63, 3.8) is 0 Å². The van der Waals surface area contributed by atoms with Crippen LogP contribution in [0.15, 0.2) is 11.6 Å². The predicted octanol–water partition coefficient (Wildman–Crippen LogP) is 4.26. The Morgan fingerprint density at radius 1 is 1.07 bits per heavy atom. The van der Waals surface area contributed by atoms with Gasteiger partial charge in [0.15, 0.2) is 0 Å². The number of rotatable bonds is 1. The summed E-state index contributed by atoms with van der Waals surface area (Å²) in [4.78, 5) is 4.76. The van der Waals surface area contributed by atoms with Crippen LogP contribution in [0, 0.1) is 5.92 Å². The van der Waals surface area contributed by atoms with E-state index in [9.17, 15) is 0 Å². The van der Waals surface area contributed by atoms with Gasteiger partial charge in [-0.25, -0.2) is 4.98 Å². The minimum Gasteiger partial charge on any atom is -0.378 e. The summed E-state index contributed by atoms with van der Waals surface area (Å²) in [7, 11) is 0. The quantitative estimate of drug-likeness (QED) is 0.751. The smallest absolute Gasteiger partial charge is 0.1000 e. The first kappa shape index (κ1) is 19.8. The van der Waals surface area contributed by atoms with Gasteiger partial charge in [0.2, 0.25) is 0 Å². The van der Waals surface area contributed by atoms with Gasteiger partial charge < -0.3 is 15.4 Å². The minimum absolute atomic E-state index is 0.235. The molecule has 2 heterocycles. The van der Waals surface area contributed by atoms with Crippen molar-refractivity contribution in [2.45, 2.75) is 88.2 Å². The molecule has 4 bridgehead atoms. The third kappa shape index (κ3) is 5.31. The van der Waals surface area contributed by atoms with E-state index >= 15 is 0 Å². The lowest BCUT2D eigenvalue weighted by atomic mass is 9.72. The summed E-state index contributed by atoms with van der Waals surface area (Å²) in [5.74, 6) is 0.848. The number of aromatic nitrogens is 1. The molecular formula is C22H37N3OS. The molecule has 1 saturated heterocycles. The van der Waals surface area contributed by atoms with Crippen molar-refractivity contribution in [1.82, 2.24) is 15.6 Å². The maximum atomic E-state index is 6.21. The second-order valence-corrected chi connectivity index (χ2v) is 9.96. The van der Waals surface area contributed by atoms with Crippen LogP contribution < -0.4 is 10.6 Å². The fourth-order valence-corrected chi connectivity index (χ4v) is 6.40. The van der Waals surface area contributed by atoms with Gasteiger partial charge in [0.1, 0.15) is 0 Å². The zero-order chi connectivity index (χ0) is 18.4. The van der Waals surface area contributed by atoms with Crippen LogP contribution in [0.5, 0.6) is 0 Å². The average Bonchev–Trinajstić information content (AvgIpc) is 3.24. The molecule has 3 aliphatic rings. The summed E-state index contributed by atoms with van der Waals surface area (Å²) in [6.45, 7) is 4.31. The lowest BCUT2D eigenvalue weighted by Gasteiger charge is -2.40. The van der Waals surface area contributed by atoms with Gasteiger partial charge in [-0.3, -0.25) is 0 Å². The maximum Gasteiger partial charge on any atom is 0.1000 e. The Hall–Kier alpha value is -0.490. The first-order valence-electron chi connectivity index (χ1n) is 11.3. The van der Waals surface area contributed by atoms with Crippen molar-refractivity contribution in [3.05, 3.63) is 16.6 Å². The Balaban J connectivity index is 1.43. The number of ether oxygens (including phenoxy) is 1. The largest absolute Gasteiger partial charge is 0.378 e. The summed E-state index contributed by atoms with van der Waals surface area (Å²) in [5.41, 5.74) is 0.235. The number of fused-ring (bicyclic) bond motifs is 4. The molecular weight excluding hydrogens is 354 g/mol. The summed E-state index contributed by atoms with van der Waals surface area (Å²) in [6.07, 6.45) is 16.7. The highest BCUT2D eigenvalue weighted by molar-refractivity contribution is 7.09. The highest BCUT2D eigenvalue weighted by Gasteiger charge is 2.39. The predicted molar refractivity (Wildman–Crippen MR) is 112 cm³/mol. The molecule has 0 spiro atoms. The van der Waals surface area contributed by atoms with Gasteiger partial charge in [-0.2, -0.15) is 0 Å². The van der Waals surface area contributed by atoms with Crippen molar-refractivity contribution in [2.24, 2.45) is 5.92 Å². The molecule has 0 aromatic carbocycles. The number of hydrogen-bond acceptors (Lipinski definition) is 5. The van der Waals surface area contributed by atoms with Gasteiger partial charge in [-0.1, -0.05) is 19.3 Å². The van der Waals surface area contributed by atoms with E-state index in [0.29, 0.717) is 12.1 Å². The second-order valence-electron chi connectivity index (χ2n) is 9.06. The Morgan fingerprint density at radius 2 is 2.07 bits per heavy atom. The molecule has 5 heteroatoms. The lowest BCUT2D eigenvalue weighted by Crippen LogP contribution is -2.48. The number of thiazole rings is 1. The maximum absolute atomic E-state index is 6.21. The monoisotopic (exact) mass is 391 g/mol. The van der Waals surface area contributed by atoms with E-state index < -0.39 is 0 Å². The summed E-state index contributed by atoms with van der Waals surface area (Å²) in [5, 5.41) is 11.2. The van der Waals surface area contributed by atoms with Crippen LogP contribution in [0.3, 0.4) is 0 Å². The molecule has 152 valence electrons. The van der Waals surface area contributed by atoms with Crippen molar-refractivity contribution in [3.8, 4) is 0 Å². The van der Waals surface area contributed by atoms with Gasteiger partial charge in [-0.15, -0.1) is 11.3 Å². The molecule has 2 N–H and O–H groups in total. The van der Waals surface area contributed by atoms with Gasteiger partial charge >= 0.3 is 0 Å². The molecule has 1 aliphatic heterocycles. The zero-order valence-corrected chi connectivity index (χ0v) is 17.6. The van der Waals surface area contributed by atoms with Crippen LogP contribution in [-0.2, 0) is 10.2 Å². The molecule has 3 fully saturated rings. The van der Waals surface area contributed by atoms with E-state index in [4.69, 9.17) is 9.72 Å². The molecule has 27 heavy (non-hydrogen) atoms. The van der Waals surface area contributed by atoms with E-state index in [0.717, 1.165) is 32.2 Å². The normalized spacial score (nSPS) is 37.0. The molecule has 4 atom stereocenters. The van der Waals surface area contributed by atoms with E-state index in [1.807, 2.05) is 17.5 Å². The van der Waals surface area contributed by atoms with Crippen LogP contribution in [0.2, 0.25) is 0 Å². The highest BCUT2D eigenvalue weighted by atomic mass is 32.1. The first-order valence-corrected chi connectivity index (χ1v) is 12.2. The summed E-state index contributed by atoms with van der Waals surface area (Å²) < 4.78 is 6.21. The topological polar surface area (TPSA) is 46.2 Å². The Kier molecular flexibility index (Phi) is 7.20. The average molecular weight is 392 g/mol. The van der Waals surface area contributed by atoms with E-state index in [2.05, 4.69) is 16.0 Å². The van der Waals surface area contributed by atoms with Gasteiger partial charge in [0.05, 0.1) is 11.1 Å². The molecule has 4 unspecified atom stereocenters. The third-order valence-electron chi connectivity index (χ3n) is 7.02. The van der Waals surface area contributed by atoms with Crippen LogP contribution in [0.1, 0.15) is 75.6 Å². The second kappa shape index (κ2) is 9.82. The fraction of sp³-hybridized carbons (Fsp3) is 0.864. The third-order valence-corrected chi connectivity index (χ3v) is 8.04. The molecule has 2 saturated carbocycles. The molecule has 4 rings (SSSR count). The van der Waals surface area contributed by atoms with Gasteiger partial charge in [0.25, 0.3) is 0 Å². The first-order chi connectivity index (χ1) is 13.3. The Morgan fingerprint density at radius 3 is 3.00 bits per heavy atom. The molecule has 1 aromatic heterocycles. The van der Waals surface area contributed by atoms with Crippen molar-refractivity contribution in [2.75, 3.05) is 26.2 Å². The van der Waals surface area contributed by atoms with Crippen LogP contribution >= 0.6 is 11.3 Å². The standard InChI is InChI=1S/C22H37N3OS/c1-2-13-26-20-7-3-5-18(15-20)8-11-23-17-22(21-25-12-14-27-21)9-4-6-19(16-22)24-10-1/h12,14,18-20,23-24H,1-11,13,15-17H2. The van der Waals surface area contributed by atoms with Crippen LogP contribution in [-0.4, -0.2) is 43.4 Å². The number of nitrogens with zero attached hydrogens (tertiary/aromatic N) is 1. The minimum atomic E-state index is 0.235. The van der Waals surface area contributed by atoms with E-state index in [1.54, 1.807) is 0 Å². The molecule has 0 amide bonds. The highest BCUT2D eigenvalue weighted by Crippen LogP contribution is 2.40. The number of hydrogen-bond donors (Lipinski definition) is 2. The van der Waals surface area contributed by atoms with E-state index in [1.165, 1.54) is 75.6 Å². The molecule has 4 nitrogen and oxygen atoms in total. The summed E-state index contributed by atoms with van der Waals surface area (Å²) in [6, 6.07) is 0.637. The van der Waals surface area contributed by atoms with E-state index in [-0.39, 0.29) is 5.41 Å². The molecule has 1 aromatic rings. The fourth-order valence-electron chi connectivity index (χ4n) is 5.52.